The second-order valence-corrected chi connectivity index (χ2v) is 6.56. The van der Waals surface area contributed by atoms with Crippen LogP contribution in [-0.2, 0) is 4.74 Å². The highest BCUT2D eigenvalue weighted by molar-refractivity contribution is 5.74. The first kappa shape index (κ1) is 18.2. The standard InChI is InChI=1S/C21H22FN5O/c1-15-14-20(24-17-7-3-2-6-16(17)22)26-21(23-15)25-18-8-4-5-9-19(18)27-10-12-28-13-11-27/h2-9,14H,10-13H2,1H3,(H2,23,24,25,26). The summed E-state index contributed by atoms with van der Waals surface area (Å²) in [5, 5.41) is 6.34. The number of aromatic nitrogens is 2. The van der Waals surface area contributed by atoms with Crippen molar-refractivity contribution in [3.8, 4) is 0 Å². The lowest BCUT2D eigenvalue weighted by Crippen LogP contribution is -2.36. The van der Waals surface area contributed by atoms with E-state index in [-0.39, 0.29) is 5.82 Å². The first-order valence-corrected chi connectivity index (χ1v) is 9.25. The van der Waals surface area contributed by atoms with E-state index >= 15 is 0 Å². The number of nitrogens with zero attached hydrogens (tertiary/aromatic N) is 3. The third kappa shape index (κ3) is 4.20. The quantitative estimate of drug-likeness (QED) is 0.691. The number of morpholine rings is 1. The van der Waals surface area contributed by atoms with E-state index in [0.29, 0.717) is 30.7 Å². The summed E-state index contributed by atoms with van der Waals surface area (Å²) in [5.74, 6) is 0.662. The highest BCUT2D eigenvalue weighted by Gasteiger charge is 2.15. The van der Waals surface area contributed by atoms with E-state index in [2.05, 4.69) is 31.6 Å². The lowest BCUT2D eigenvalue weighted by Gasteiger charge is -2.30. The second-order valence-electron chi connectivity index (χ2n) is 6.56. The minimum atomic E-state index is -0.328. The summed E-state index contributed by atoms with van der Waals surface area (Å²) in [6.45, 7) is 4.99. The van der Waals surface area contributed by atoms with Crippen molar-refractivity contribution in [1.29, 1.82) is 0 Å². The number of hydrogen-bond acceptors (Lipinski definition) is 6. The van der Waals surface area contributed by atoms with Crippen LogP contribution in [0.5, 0.6) is 0 Å². The van der Waals surface area contributed by atoms with Gasteiger partial charge in [-0.2, -0.15) is 4.98 Å². The number of aryl methyl sites for hydroxylation is 1. The van der Waals surface area contributed by atoms with Gasteiger partial charge < -0.3 is 20.3 Å². The van der Waals surface area contributed by atoms with Crippen LogP contribution in [0.25, 0.3) is 0 Å². The molecule has 0 atom stereocenters. The van der Waals surface area contributed by atoms with Crippen LogP contribution in [-0.4, -0.2) is 36.3 Å². The Bertz CT molecular complexity index is 959. The van der Waals surface area contributed by atoms with Crippen LogP contribution in [0.4, 0.5) is 33.2 Å². The van der Waals surface area contributed by atoms with E-state index in [1.54, 1.807) is 24.3 Å². The smallest absolute Gasteiger partial charge is 0.229 e. The summed E-state index contributed by atoms with van der Waals surface area (Å²) >= 11 is 0. The van der Waals surface area contributed by atoms with E-state index in [0.717, 1.165) is 30.2 Å². The number of rotatable bonds is 5. The molecule has 2 N–H and O–H groups in total. The SMILES string of the molecule is Cc1cc(Nc2ccccc2F)nc(Nc2ccccc2N2CCOCC2)n1. The molecule has 28 heavy (non-hydrogen) atoms. The van der Waals surface area contributed by atoms with Crippen molar-refractivity contribution in [2.75, 3.05) is 41.8 Å². The van der Waals surface area contributed by atoms with E-state index in [4.69, 9.17) is 4.74 Å². The molecule has 1 fully saturated rings. The maximum atomic E-state index is 13.9. The summed E-state index contributed by atoms with van der Waals surface area (Å²) in [6, 6.07) is 16.4. The monoisotopic (exact) mass is 379 g/mol. The zero-order valence-electron chi connectivity index (χ0n) is 15.7. The van der Waals surface area contributed by atoms with Crippen molar-refractivity contribution >= 4 is 28.8 Å². The summed E-state index contributed by atoms with van der Waals surface area (Å²) in [5.41, 5.74) is 3.16. The van der Waals surface area contributed by atoms with Gasteiger partial charge in [0.2, 0.25) is 5.95 Å². The van der Waals surface area contributed by atoms with E-state index < -0.39 is 0 Å². The number of para-hydroxylation sites is 3. The second kappa shape index (κ2) is 8.22. The van der Waals surface area contributed by atoms with Crippen LogP contribution in [0.1, 0.15) is 5.69 Å². The number of anilines is 5. The Labute approximate surface area is 163 Å². The fourth-order valence-corrected chi connectivity index (χ4v) is 3.17. The topological polar surface area (TPSA) is 62.3 Å². The van der Waals surface area contributed by atoms with Gasteiger partial charge in [0.15, 0.2) is 0 Å². The van der Waals surface area contributed by atoms with Crippen molar-refractivity contribution in [3.63, 3.8) is 0 Å². The van der Waals surface area contributed by atoms with Crippen LogP contribution in [0.2, 0.25) is 0 Å². The minimum Gasteiger partial charge on any atom is -0.378 e. The van der Waals surface area contributed by atoms with Gasteiger partial charge in [-0.3, -0.25) is 0 Å². The van der Waals surface area contributed by atoms with Gasteiger partial charge in [0.1, 0.15) is 11.6 Å². The number of halogens is 1. The van der Waals surface area contributed by atoms with Gasteiger partial charge in [-0.25, -0.2) is 9.37 Å². The highest BCUT2D eigenvalue weighted by atomic mass is 19.1. The highest BCUT2D eigenvalue weighted by Crippen LogP contribution is 2.29. The molecule has 6 nitrogen and oxygen atoms in total. The first-order valence-electron chi connectivity index (χ1n) is 9.25. The molecule has 2 heterocycles. The lowest BCUT2D eigenvalue weighted by molar-refractivity contribution is 0.123. The van der Waals surface area contributed by atoms with Gasteiger partial charge in [-0.15, -0.1) is 0 Å². The average molecular weight is 379 g/mol. The van der Waals surface area contributed by atoms with Gasteiger partial charge in [0, 0.05) is 24.8 Å². The number of benzene rings is 2. The maximum absolute atomic E-state index is 13.9. The predicted octanol–water partition coefficient (Wildman–Crippen LogP) is 4.25. The van der Waals surface area contributed by atoms with Crippen molar-refractivity contribution < 1.29 is 9.13 Å². The van der Waals surface area contributed by atoms with Crippen LogP contribution >= 0.6 is 0 Å². The Kier molecular flexibility index (Phi) is 5.34. The maximum Gasteiger partial charge on any atom is 0.229 e. The van der Waals surface area contributed by atoms with Crippen molar-refractivity contribution in [2.24, 2.45) is 0 Å². The molecule has 2 aromatic carbocycles. The molecule has 0 unspecified atom stereocenters. The van der Waals surface area contributed by atoms with Crippen molar-refractivity contribution in [1.82, 2.24) is 9.97 Å². The summed E-state index contributed by atoms with van der Waals surface area (Å²) < 4.78 is 19.4. The molecule has 1 aliphatic heterocycles. The average Bonchev–Trinajstić information content (AvgIpc) is 2.70. The van der Waals surface area contributed by atoms with Crippen molar-refractivity contribution in [2.45, 2.75) is 6.92 Å². The molecule has 1 saturated heterocycles. The third-order valence-electron chi connectivity index (χ3n) is 4.49. The lowest BCUT2D eigenvalue weighted by atomic mass is 10.2. The van der Waals surface area contributed by atoms with Gasteiger partial charge in [-0.1, -0.05) is 24.3 Å². The molecular formula is C21H22FN5O. The van der Waals surface area contributed by atoms with E-state index in [1.165, 1.54) is 6.07 Å². The molecule has 0 saturated carbocycles. The van der Waals surface area contributed by atoms with Gasteiger partial charge in [0.05, 0.1) is 30.3 Å². The van der Waals surface area contributed by atoms with E-state index in [9.17, 15) is 4.39 Å². The normalized spacial score (nSPS) is 14.0. The Morgan fingerprint density at radius 2 is 1.64 bits per heavy atom. The van der Waals surface area contributed by atoms with Gasteiger partial charge in [0.25, 0.3) is 0 Å². The van der Waals surface area contributed by atoms with Crippen LogP contribution in [0.3, 0.4) is 0 Å². The molecule has 0 radical (unpaired) electrons. The Morgan fingerprint density at radius 1 is 0.929 bits per heavy atom. The zero-order valence-corrected chi connectivity index (χ0v) is 15.7. The Hall–Kier alpha value is -3.19. The molecule has 144 valence electrons. The molecular weight excluding hydrogens is 357 g/mol. The molecule has 1 aromatic heterocycles. The fraction of sp³-hybridized carbons (Fsp3) is 0.238. The molecule has 1 aliphatic rings. The molecule has 3 aromatic rings. The Morgan fingerprint density at radius 3 is 2.43 bits per heavy atom. The van der Waals surface area contributed by atoms with Crippen LogP contribution in [0, 0.1) is 12.7 Å². The molecule has 0 spiro atoms. The molecule has 0 amide bonds. The van der Waals surface area contributed by atoms with Gasteiger partial charge >= 0.3 is 0 Å². The zero-order chi connectivity index (χ0) is 19.3. The molecule has 7 heteroatoms. The predicted molar refractivity (Wildman–Crippen MR) is 109 cm³/mol. The summed E-state index contributed by atoms with van der Waals surface area (Å²) in [6.07, 6.45) is 0. The molecule has 0 aliphatic carbocycles. The third-order valence-corrected chi connectivity index (χ3v) is 4.49. The summed E-state index contributed by atoms with van der Waals surface area (Å²) in [4.78, 5) is 11.3. The minimum absolute atomic E-state index is 0.328. The molecule has 4 rings (SSSR count). The largest absolute Gasteiger partial charge is 0.378 e. The number of nitrogens with one attached hydrogen (secondary N) is 2. The Balaban J connectivity index is 1.59. The van der Waals surface area contributed by atoms with Crippen molar-refractivity contribution in [3.05, 3.63) is 66.1 Å². The molecule has 0 bridgehead atoms. The number of hydrogen-bond donors (Lipinski definition) is 2. The first-order chi connectivity index (χ1) is 13.7. The van der Waals surface area contributed by atoms with Crippen LogP contribution in [0.15, 0.2) is 54.6 Å². The number of ether oxygens (including phenoxy) is 1. The van der Waals surface area contributed by atoms with Crippen LogP contribution < -0.4 is 15.5 Å². The van der Waals surface area contributed by atoms with E-state index in [1.807, 2.05) is 25.1 Å². The summed E-state index contributed by atoms with van der Waals surface area (Å²) in [7, 11) is 0. The van der Waals surface area contributed by atoms with Gasteiger partial charge in [-0.05, 0) is 31.2 Å². The fourth-order valence-electron chi connectivity index (χ4n) is 3.17.